The summed E-state index contributed by atoms with van der Waals surface area (Å²) in [4.78, 5) is 17.2. The molecule has 1 saturated heterocycles. The fourth-order valence-corrected chi connectivity index (χ4v) is 3.20. The molecule has 1 fully saturated rings. The van der Waals surface area contributed by atoms with Crippen LogP contribution in [0.2, 0.25) is 0 Å². The number of carbonyl (C=O) groups excluding carboxylic acids is 1. The first kappa shape index (κ1) is 16.2. The Hall–Kier alpha value is -1.19. The number of likely N-dealkylation sites (tertiary alicyclic amines) is 1. The molecule has 0 bridgehead atoms. The molecule has 0 amide bonds. The van der Waals surface area contributed by atoms with Crippen molar-refractivity contribution < 1.29 is 4.79 Å². The Bertz CT molecular complexity index is 451. The molecule has 2 rings (SSSR count). The van der Waals surface area contributed by atoms with Gasteiger partial charge in [0.15, 0.2) is 5.78 Å². The molecule has 1 unspecified atom stereocenters. The van der Waals surface area contributed by atoms with Gasteiger partial charge in [0, 0.05) is 31.1 Å². The van der Waals surface area contributed by atoms with E-state index < -0.39 is 0 Å². The molecule has 0 N–H and O–H groups in total. The van der Waals surface area contributed by atoms with Crippen LogP contribution in [0, 0.1) is 6.92 Å². The number of hydrogen-bond donors (Lipinski definition) is 0. The number of ketones is 1. The summed E-state index contributed by atoms with van der Waals surface area (Å²) in [6, 6.07) is 8.59. The van der Waals surface area contributed by atoms with Crippen LogP contribution in [0.15, 0.2) is 24.3 Å². The van der Waals surface area contributed by atoms with Crippen molar-refractivity contribution >= 4 is 5.78 Å². The first-order valence-corrected chi connectivity index (χ1v) is 8.20. The van der Waals surface area contributed by atoms with Crippen LogP contribution < -0.4 is 0 Å². The van der Waals surface area contributed by atoms with E-state index in [0.717, 1.165) is 38.3 Å². The third-order valence-corrected chi connectivity index (χ3v) is 4.60. The van der Waals surface area contributed by atoms with Gasteiger partial charge in [-0.05, 0) is 33.0 Å². The zero-order valence-electron chi connectivity index (χ0n) is 13.6. The van der Waals surface area contributed by atoms with Crippen molar-refractivity contribution in [2.45, 2.75) is 39.7 Å². The summed E-state index contributed by atoms with van der Waals surface area (Å²) in [5, 5.41) is 0. The predicted octanol–water partition coefficient (Wildman–Crippen LogP) is 2.98. The van der Waals surface area contributed by atoms with E-state index in [0.29, 0.717) is 12.5 Å². The molecule has 1 atom stereocenters. The lowest BCUT2D eigenvalue weighted by Gasteiger charge is -2.26. The number of aryl methyl sites for hydroxylation is 1. The van der Waals surface area contributed by atoms with E-state index >= 15 is 0 Å². The van der Waals surface area contributed by atoms with Crippen molar-refractivity contribution in [2.24, 2.45) is 0 Å². The Morgan fingerprint density at radius 1 is 1.24 bits per heavy atom. The van der Waals surface area contributed by atoms with Gasteiger partial charge in [0.1, 0.15) is 0 Å². The molecule has 3 nitrogen and oxygen atoms in total. The zero-order chi connectivity index (χ0) is 15.2. The minimum Gasteiger partial charge on any atom is -0.301 e. The lowest BCUT2D eigenvalue weighted by Crippen LogP contribution is -2.37. The second kappa shape index (κ2) is 7.71. The van der Waals surface area contributed by atoms with E-state index in [9.17, 15) is 4.79 Å². The van der Waals surface area contributed by atoms with Crippen molar-refractivity contribution in [3.8, 4) is 0 Å². The van der Waals surface area contributed by atoms with Crippen molar-refractivity contribution in [1.29, 1.82) is 0 Å². The standard InChI is InChI=1S/C18H28N2O/c1-4-20(5-2)17-10-12-19(14-17)13-11-18(21)16-8-6-15(3)7-9-16/h6-9,17H,4-5,10-14H2,1-3H3. The number of Topliss-reactive ketones (excluding diaryl/α,β-unsaturated/α-hetero) is 1. The summed E-state index contributed by atoms with van der Waals surface area (Å²) in [5.41, 5.74) is 2.05. The third kappa shape index (κ3) is 4.39. The summed E-state index contributed by atoms with van der Waals surface area (Å²) in [6.45, 7) is 11.9. The van der Waals surface area contributed by atoms with Crippen LogP contribution in [0.25, 0.3) is 0 Å². The molecule has 0 aliphatic carbocycles. The minimum atomic E-state index is 0.265. The molecule has 3 heteroatoms. The molecule has 116 valence electrons. The van der Waals surface area contributed by atoms with Crippen molar-refractivity contribution in [3.05, 3.63) is 35.4 Å². The summed E-state index contributed by atoms with van der Waals surface area (Å²) < 4.78 is 0. The van der Waals surface area contributed by atoms with Crippen LogP contribution in [0.3, 0.4) is 0 Å². The Balaban J connectivity index is 1.79. The van der Waals surface area contributed by atoms with Gasteiger partial charge in [-0.1, -0.05) is 43.7 Å². The second-order valence-corrected chi connectivity index (χ2v) is 6.00. The van der Waals surface area contributed by atoms with Crippen LogP contribution in [0.4, 0.5) is 0 Å². The molecule has 0 radical (unpaired) electrons. The first-order valence-electron chi connectivity index (χ1n) is 8.20. The van der Waals surface area contributed by atoms with Gasteiger partial charge < -0.3 is 4.90 Å². The highest BCUT2D eigenvalue weighted by atomic mass is 16.1. The topological polar surface area (TPSA) is 23.6 Å². The van der Waals surface area contributed by atoms with Gasteiger partial charge in [-0.25, -0.2) is 0 Å². The highest BCUT2D eigenvalue weighted by Crippen LogP contribution is 2.16. The average Bonchev–Trinajstić information content (AvgIpc) is 2.96. The second-order valence-electron chi connectivity index (χ2n) is 6.00. The maximum Gasteiger partial charge on any atom is 0.164 e. The summed E-state index contributed by atoms with van der Waals surface area (Å²) >= 11 is 0. The molecular formula is C18H28N2O. The number of carbonyl (C=O) groups is 1. The van der Waals surface area contributed by atoms with Gasteiger partial charge in [0.2, 0.25) is 0 Å². The van der Waals surface area contributed by atoms with Crippen LogP contribution in [-0.2, 0) is 0 Å². The van der Waals surface area contributed by atoms with Gasteiger partial charge in [-0.2, -0.15) is 0 Å². The van der Waals surface area contributed by atoms with Gasteiger partial charge in [0.05, 0.1) is 0 Å². The highest BCUT2D eigenvalue weighted by Gasteiger charge is 2.26. The van der Waals surface area contributed by atoms with Crippen LogP contribution in [0.5, 0.6) is 0 Å². The normalized spacial score (nSPS) is 19.3. The summed E-state index contributed by atoms with van der Waals surface area (Å²) in [5.74, 6) is 0.265. The van der Waals surface area contributed by atoms with Crippen LogP contribution in [-0.4, -0.2) is 54.3 Å². The first-order chi connectivity index (χ1) is 10.1. The summed E-state index contributed by atoms with van der Waals surface area (Å²) in [6.07, 6.45) is 1.87. The zero-order valence-corrected chi connectivity index (χ0v) is 13.6. The lowest BCUT2D eigenvalue weighted by atomic mass is 10.1. The van der Waals surface area contributed by atoms with Gasteiger partial charge in [-0.3, -0.25) is 9.69 Å². The SMILES string of the molecule is CCN(CC)C1CCN(CCC(=O)c2ccc(C)cc2)C1. The Kier molecular flexibility index (Phi) is 5.95. The largest absolute Gasteiger partial charge is 0.301 e. The van der Waals surface area contributed by atoms with E-state index in [-0.39, 0.29) is 5.78 Å². The maximum atomic E-state index is 12.2. The molecule has 1 aromatic rings. The molecule has 1 aliphatic heterocycles. The fourth-order valence-electron chi connectivity index (χ4n) is 3.20. The predicted molar refractivity (Wildman–Crippen MR) is 87.9 cm³/mol. The third-order valence-electron chi connectivity index (χ3n) is 4.60. The van der Waals surface area contributed by atoms with E-state index in [1.165, 1.54) is 12.0 Å². The van der Waals surface area contributed by atoms with E-state index in [4.69, 9.17) is 0 Å². The molecule has 0 aromatic heterocycles. The molecule has 0 spiro atoms. The lowest BCUT2D eigenvalue weighted by molar-refractivity contribution is 0.0966. The van der Waals surface area contributed by atoms with Crippen molar-refractivity contribution in [2.75, 3.05) is 32.7 Å². The van der Waals surface area contributed by atoms with Gasteiger partial charge in [0.25, 0.3) is 0 Å². The molecular weight excluding hydrogens is 260 g/mol. The fraction of sp³-hybridized carbons (Fsp3) is 0.611. The minimum absolute atomic E-state index is 0.265. The van der Waals surface area contributed by atoms with Crippen molar-refractivity contribution in [3.63, 3.8) is 0 Å². The van der Waals surface area contributed by atoms with E-state index in [1.54, 1.807) is 0 Å². The maximum absolute atomic E-state index is 12.2. The summed E-state index contributed by atoms with van der Waals surface area (Å²) in [7, 11) is 0. The smallest absolute Gasteiger partial charge is 0.164 e. The van der Waals surface area contributed by atoms with E-state index in [1.807, 2.05) is 31.2 Å². The van der Waals surface area contributed by atoms with E-state index in [2.05, 4.69) is 23.6 Å². The Morgan fingerprint density at radius 3 is 2.52 bits per heavy atom. The molecule has 1 aliphatic rings. The number of benzene rings is 1. The molecule has 21 heavy (non-hydrogen) atoms. The molecule has 1 heterocycles. The number of likely N-dealkylation sites (N-methyl/N-ethyl adjacent to an activating group) is 1. The number of hydrogen-bond acceptors (Lipinski definition) is 3. The monoisotopic (exact) mass is 288 g/mol. The molecule has 1 aromatic carbocycles. The number of rotatable bonds is 7. The van der Waals surface area contributed by atoms with Gasteiger partial charge >= 0.3 is 0 Å². The van der Waals surface area contributed by atoms with Gasteiger partial charge in [-0.15, -0.1) is 0 Å². The van der Waals surface area contributed by atoms with Crippen LogP contribution >= 0.6 is 0 Å². The van der Waals surface area contributed by atoms with Crippen molar-refractivity contribution in [1.82, 2.24) is 9.80 Å². The number of nitrogens with zero attached hydrogens (tertiary/aromatic N) is 2. The quantitative estimate of drug-likeness (QED) is 0.721. The average molecular weight is 288 g/mol. The van der Waals surface area contributed by atoms with Crippen LogP contribution in [0.1, 0.15) is 42.6 Å². The molecule has 0 saturated carbocycles. The Labute approximate surface area is 128 Å². The highest BCUT2D eigenvalue weighted by molar-refractivity contribution is 5.96. The Morgan fingerprint density at radius 2 is 1.90 bits per heavy atom.